The number of hydrogen-bond acceptors (Lipinski definition) is 6. The Balaban J connectivity index is 2.02. The zero-order chi connectivity index (χ0) is 17.4. The molecule has 2 rings (SSSR count). The summed E-state index contributed by atoms with van der Waals surface area (Å²) >= 11 is 1.34. The molecular formula is C17H23N3O3S. The van der Waals surface area contributed by atoms with Crippen molar-refractivity contribution in [3.05, 3.63) is 23.8 Å². The van der Waals surface area contributed by atoms with Crippen LogP contribution in [0.2, 0.25) is 0 Å². The fourth-order valence-electron chi connectivity index (χ4n) is 1.92. The molecule has 6 nitrogen and oxygen atoms in total. The van der Waals surface area contributed by atoms with Crippen LogP contribution >= 0.6 is 11.8 Å². The van der Waals surface area contributed by atoms with Crippen LogP contribution in [0.3, 0.4) is 0 Å². The number of rotatable bonds is 8. The number of nitrogens with zero attached hydrogens (tertiary/aromatic N) is 2. The molecule has 0 bridgehead atoms. The van der Waals surface area contributed by atoms with Gasteiger partial charge in [0.05, 0.1) is 25.2 Å². The first-order chi connectivity index (χ1) is 11.6. The molecule has 1 fully saturated rings. The minimum atomic E-state index is -0.0459. The molecule has 0 aromatic heterocycles. The molecule has 0 atom stereocenters. The lowest BCUT2D eigenvalue weighted by Crippen LogP contribution is -2.19. The number of hydrogen-bond donors (Lipinski definition) is 1. The van der Waals surface area contributed by atoms with Crippen LogP contribution in [0, 0.1) is 5.92 Å². The van der Waals surface area contributed by atoms with E-state index in [2.05, 4.69) is 29.4 Å². The summed E-state index contributed by atoms with van der Waals surface area (Å²) in [6.45, 7) is 7.49. The zero-order valence-electron chi connectivity index (χ0n) is 14.2. The fraction of sp³-hybridized carbons (Fsp3) is 0.471. The number of carbonyl (C=O) groups excluding carboxylic acids is 1. The average molecular weight is 349 g/mol. The second-order valence-electron chi connectivity index (χ2n) is 5.66. The minimum Gasteiger partial charge on any atom is -0.490 e. The largest absolute Gasteiger partial charge is 0.490 e. The molecule has 0 aliphatic carbocycles. The van der Waals surface area contributed by atoms with Gasteiger partial charge in [0.15, 0.2) is 16.7 Å². The highest BCUT2D eigenvalue weighted by atomic mass is 32.2. The van der Waals surface area contributed by atoms with E-state index in [-0.39, 0.29) is 5.91 Å². The summed E-state index contributed by atoms with van der Waals surface area (Å²) in [4.78, 5) is 11.1. The Morgan fingerprint density at radius 3 is 2.83 bits per heavy atom. The molecule has 1 aromatic rings. The Morgan fingerprint density at radius 1 is 1.33 bits per heavy atom. The molecule has 1 amide bonds. The van der Waals surface area contributed by atoms with E-state index in [1.54, 1.807) is 6.21 Å². The van der Waals surface area contributed by atoms with Crippen LogP contribution in [0.4, 0.5) is 0 Å². The van der Waals surface area contributed by atoms with Crippen LogP contribution in [0.5, 0.6) is 11.5 Å². The van der Waals surface area contributed by atoms with Gasteiger partial charge in [0, 0.05) is 0 Å². The van der Waals surface area contributed by atoms with Gasteiger partial charge in [-0.2, -0.15) is 5.10 Å². The van der Waals surface area contributed by atoms with Crippen LogP contribution in [0.25, 0.3) is 0 Å². The number of ether oxygens (including phenoxy) is 2. The van der Waals surface area contributed by atoms with Gasteiger partial charge in [0.1, 0.15) is 0 Å². The van der Waals surface area contributed by atoms with E-state index in [1.807, 2.05) is 25.1 Å². The maximum Gasteiger partial charge on any atom is 0.236 e. The van der Waals surface area contributed by atoms with Crippen molar-refractivity contribution < 1.29 is 14.3 Å². The molecule has 1 saturated heterocycles. The van der Waals surface area contributed by atoms with Crippen LogP contribution in [-0.2, 0) is 4.79 Å². The Labute approximate surface area is 146 Å². The van der Waals surface area contributed by atoms with Gasteiger partial charge in [-0.15, -0.1) is 5.10 Å². The van der Waals surface area contributed by atoms with Crippen molar-refractivity contribution in [3.63, 3.8) is 0 Å². The first kappa shape index (κ1) is 18.3. The monoisotopic (exact) mass is 349 g/mol. The average Bonchev–Trinajstić information content (AvgIpc) is 2.95. The van der Waals surface area contributed by atoms with Gasteiger partial charge in [-0.25, -0.2) is 0 Å². The molecule has 0 spiro atoms. The van der Waals surface area contributed by atoms with Crippen molar-refractivity contribution in [2.45, 2.75) is 27.2 Å². The van der Waals surface area contributed by atoms with Crippen LogP contribution in [0.1, 0.15) is 32.8 Å². The van der Waals surface area contributed by atoms with Crippen molar-refractivity contribution in [3.8, 4) is 11.5 Å². The molecule has 1 aliphatic rings. The summed E-state index contributed by atoms with van der Waals surface area (Å²) < 4.78 is 11.5. The number of benzene rings is 1. The quantitative estimate of drug-likeness (QED) is 0.578. The van der Waals surface area contributed by atoms with Gasteiger partial charge >= 0.3 is 0 Å². The molecule has 0 radical (unpaired) electrons. The zero-order valence-corrected chi connectivity index (χ0v) is 15.1. The molecule has 7 heteroatoms. The molecule has 1 aliphatic heterocycles. The number of thioether (sulfide) groups is 1. The van der Waals surface area contributed by atoms with Crippen molar-refractivity contribution in [1.82, 2.24) is 5.32 Å². The third-order valence-electron chi connectivity index (χ3n) is 3.16. The first-order valence-corrected chi connectivity index (χ1v) is 9.00. The van der Waals surface area contributed by atoms with Crippen LogP contribution in [0.15, 0.2) is 28.4 Å². The van der Waals surface area contributed by atoms with Gasteiger partial charge in [0.25, 0.3) is 0 Å². The summed E-state index contributed by atoms with van der Waals surface area (Å²) in [5.74, 6) is 2.38. The fourth-order valence-corrected chi connectivity index (χ4v) is 2.56. The Bertz CT molecular complexity index is 630. The normalized spacial score (nSPS) is 16.2. The van der Waals surface area contributed by atoms with E-state index in [9.17, 15) is 4.79 Å². The summed E-state index contributed by atoms with van der Waals surface area (Å²) in [7, 11) is 0. The Morgan fingerprint density at radius 2 is 2.17 bits per heavy atom. The SMILES string of the molecule is CCOc1cc(C=NN=C2NC(=O)CS2)ccc1OCCC(C)C. The lowest BCUT2D eigenvalue weighted by Gasteiger charge is -2.13. The molecule has 0 unspecified atom stereocenters. The predicted octanol–water partition coefficient (Wildman–Crippen LogP) is 3.06. The van der Waals surface area contributed by atoms with Gasteiger partial charge in [-0.3, -0.25) is 4.79 Å². The van der Waals surface area contributed by atoms with Crippen molar-refractivity contribution in [1.29, 1.82) is 0 Å². The van der Waals surface area contributed by atoms with Gasteiger partial charge in [-0.1, -0.05) is 25.6 Å². The summed E-state index contributed by atoms with van der Waals surface area (Å²) in [6, 6.07) is 5.65. The highest BCUT2D eigenvalue weighted by molar-refractivity contribution is 8.15. The first-order valence-electron chi connectivity index (χ1n) is 8.01. The molecule has 0 saturated carbocycles. The highest BCUT2D eigenvalue weighted by Crippen LogP contribution is 2.28. The summed E-state index contributed by atoms with van der Waals surface area (Å²) in [5.41, 5.74) is 0.855. The third kappa shape index (κ3) is 5.88. The number of nitrogens with one attached hydrogen (secondary N) is 1. The molecule has 24 heavy (non-hydrogen) atoms. The van der Waals surface area contributed by atoms with Gasteiger partial charge < -0.3 is 14.8 Å². The van der Waals surface area contributed by atoms with E-state index in [0.717, 1.165) is 17.7 Å². The highest BCUT2D eigenvalue weighted by Gasteiger charge is 2.15. The van der Waals surface area contributed by atoms with Crippen molar-refractivity contribution >= 4 is 29.1 Å². The predicted molar refractivity (Wildman–Crippen MR) is 98.2 cm³/mol. The van der Waals surface area contributed by atoms with Gasteiger partial charge in [-0.05, 0) is 43.0 Å². The Kier molecular flexibility index (Phi) is 7.11. The smallest absolute Gasteiger partial charge is 0.236 e. The lowest BCUT2D eigenvalue weighted by atomic mass is 10.1. The molecule has 130 valence electrons. The van der Waals surface area contributed by atoms with E-state index >= 15 is 0 Å². The standard InChI is InChI=1S/C17H23N3O3S/c1-4-22-15-9-13(5-6-14(15)23-8-7-12(2)3)10-18-20-17-19-16(21)11-24-17/h5-6,9-10,12H,4,7-8,11H2,1-3H3,(H,19,20,21). The minimum absolute atomic E-state index is 0.0459. The molecular weight excluding hydrogens is 326 g/mol. The van der Waals surface area contributed by atoms with Crippen molar-refractivity contribution in [2.75, 3.05) is 19.0 Å². The second kappa shape index (κ2) is 9.32. The number of amidine groups is 1. The Hall–Kier alpha value is -2.02. The van der Waals surface area contributed by atoms with Crippen LogP contribution in [-0.4, -0.2) is 36.3 Å². The van der Waals surface area contributed by atoms with E-state index in [4.69, 9.17) is 9.47 Å². The van der Waals surface area contributed by atoms with E-state index < -0.39 is 0 Å². The maximum atomic E-state index is 11.1. The molecule has 1 heterocycles. The third-order valence-corrected chi connectivity index (χ3v) is 4.03. The van der Waals surface area contributed by atoms with Gasteiger partial charge in [0.2, 0.25) is 5.91 Å². The number of carbonyl (C=O) groups is 1. The molecule has 1 aromatic carbocycles. The second-order valence-corrected chi connectivity index (χ2v) is 6.62. The maximum absolute atomic E-state index is 11.1. The summed E-state index contributed by atoms with van der Waals surface area (Å²) in [6.07, 6.45) is 2.62. The van der Waals surface area contributed by atoms with E-state index in [1.165, 1.54) is 11.8 Å². The summed E-state index contributed by atoms with van der Waals surface area (Å²) in [5, 5.41) is 11.1. The lowest BCUT2D eigenvalue weighted by molar-refractivity contribution is -0.116. The molecule has 1 N–H and O–H groups in total. The van der Waals surface area contributed by atoms with Crippen LogP contribution < -0.4 is 14.8 Å². The van der Waals surface area contributed by atoms with Crippen molar-refractivity contribution in [2.24, 2.45) is 16.1 Å². The topological polar surface area (TPSA) is 72.3 Å². The number of amides is 1. The van der Waals surface area contributed by atoms with E-state index in [0.29, 0.717) is 35.8 Å².